The fraction of sp³-hybridized carbons (Fsp3) is 0.417. The van der Waals surface area contributed by atoms with Crippen molar-refractivity contribution in [2.45, 2.75) is 26.2 Å². The van der Waals surface area contributed by atoms with Crippen molar-refractivity contribution in [1.29, 1.82) is 0 Å². The van der Waals surface area contributed by atoms with Crippen molar-refractivity contribution in [1.82, 2.24) is 4.90 Å². The van der Waals surface area contributed by atoms with Crippen molar-refractivity contribution >= 4 is 11.9 Å². The predicted octanol–water partition coefficient (Wildman–Crippen LogP) is 3.63. The van der Waals surface area contributed by atoms with Crippen molar-refractivity contribution in [2.75, 3.05) is 32.9 Å². The van der Waals surface area contributed by atoms with Crippen LogP contribution in [0.15, 0.2) is 42.5 Å². The van der Waals surface area contributed by atoms with E-state index in [4.69, 9.17) is 14.2 Å². The summed E-state index contributed by atoms with van der Waals surface area (Å²) in [5, 5.41) is 0. The van der Waals surface area contributed by atoms with Gasteiger partial charge in [0.15, 0.2) is 11.5 Å². The minimum absolute atomic E-state index is 0.174. The molecular formula is C24H26FNO5. The van der Waals surface area contributed by atoms with Crippen LogP contribution in [0.4, 0.5) is 4.39 Å². The van der Waals surface area contributed by atoms with Gasteiger partial charge in [0.25, 0.3) is 5.91 Å². The van der Waals surface area contributed by atoms with Crippen LogP contribution in [-0.4, -0.2) is 49.7 Å². The van der Waals surface area contributed by atoms with Crippen LogP contribution in [0.2, 0.25) is 0 Å². The Hall–Kier alpha value is -3.09. The van der Waals surface area contributed by atoms with Gasteiger partial charge in [-0.15, -0.1) is 0 Å². The first kappa shape index (κ1) is 21.2. The van der Waals surface area contributed by atoms with Crippen LogP contribution in [0.5, 0.6) is 11.5 Å². The number of carbonyl (C=O) groups excluding carboxylic acids is 2. The highest BCUT2D eigenvalue weighted by Gasteiger charge is 2.45. The van der Waals surface area contributed by atoms with Crippen LogP contribution in [0.3, 0.4) is 0 Å². The number of likely N-dealkylation sites (tertiary alicyclic amines) is 1. The van der Waals surface area contributed by atoms with Crippen molar-refractivity contribution < 1.29 is 28.2 Å². The summed E-state index contributed by atoms with van der Waals surface area (Å²) < 4.78 is 30.9. The van der Waals surface area contributed by atoms with Crippen LogP contribution < -0.4 is 9.47 Å². The van der Waals surface area contributed by atoms with Gasteiger partial charge in [-0.1, -0.05) is 18.2 Å². The van der Waals surface area contributed by atoms with Gasteiger partial charge in [0.1, 0.15) is 19.0 Å². The van der Waals surface area contributed by atoms with Crippen LogP contribution in [0, 0.1) is 11.2 Å². The summed E-state index contributed by atoms with van der Waals surface area (Å²) in [7, 11) is 0. The van der Waals surface area contributed by atoms with Crippen LogP contribution in [0.1, 0.15) is 35.7 Å². The lowest BCUT2D eigenvalue weighted by Gasteiger charge is -2.41. The zero-order chi connectivity index (χ0) is 21.8. The van der Waals surface area contributed by atoms with Crippen LogP contribution in [0.25, 0.3) is 0 Å². The predicted molar refractivity (Wildman–Crippen MR) is 112 cm³/mol. The van der Waals surface area contributed by atoms with E-state index in [0.29, 0.717) is 55.2 Å². The Morgan fingerprint density at radius 1 is 1.13 bits per heavy atom. The van der Waals surface area contributed by atoms with E-state index in [9.17, 15) is 14.0 Å². The lowest BCUT2D eigenvalue weighted by Crippen LogP contribution is -2.51. The Balaban J connectivity index is 1.60. The van der Waals surface area contributed by atoms with Gasteiger partial charge >= 0.3 is 5.97 Å². The van der Waals surface area contributed by atoms with Crippen molar-refractivity contribution in [2.24, 2.45) is 5.41 Å². The molecule has 1 fully saturated rings. The third kappa shape index (κ3) is 4.36. The van der Waals surface area contributed by atoms with E-state index < -0.39 is 11.4 Å². The third-order valence-corrected chi connectivity index (χ3v) is 5.85. The average Bonchev–Trinajstić information content (AvgIpc) is 2.80. The molecule has 0 bridgehead atoms. The molecule has 0 aliphatic carbocycles. The Kier molecular flexibility index (Phi) is 6.11. The number of fused-ring (bicyclic) bond motifs is 1. The monoisotopic (exact) mass is 427 g/mol. The second-order valence-electron chi connectivity index (χ2n) is 7.96. The summed E-state index contributed by atoms with van der Waals surface area (Å²) in [4.78, 5) is 27.9. The molecule has 2 aromatic carbocycles. The molecule has 0 spiro atoms. The standard InChI is InChI=1S/C24H26FNO5/c1-2-29-23(28)24(15-18-6-3-4-7-19(18)25)10-5-11-26(16-24)22(27)17-8-9-20-21(14-17)31-13-12-30-20/h3-4,6-9,14H,2,5,10-13,15-16H2,1H3. The molecule has 7 heteroatoms. The molecule has 1 amide bonds. The molecule has 0 saturated carbocycles. The Morgan fingerprint density at radius 3 is 2.68 bits per heavy atom. The Labute approximate surface area is 180 Å². The number of esters is 1. The van der Waals surface area contributed by atoms with Gasteiger partial charge in [0.05, 0.1) is 12.0 Å². The first-order chi connectivity index (χ1) is 15.0. The minimum atomic E-state index is -0.986. The lowest BCUT2D eigenvalue weighted by molar-refractivity contribution is -0.158. The largest absolute Gasteiger partial charge is 0.486 e. The molecule has 4 rings (SSSR count). The smallest absolute Gasteiger partial charge is 0.314 e. The lowest BCUT2D eigenvalue weighted by atomic mass is 9.74. The van der Waals surface area contributed by atoms with Crippen molar-refractivity contribution in [3.8, 4) is 11.5 Å². The molecule has 2 aromatic rings. The molecule has 1 saturated heterocycles. The summed E-state index contributed by atoms with van der Waals surface area (Å²) in [6, 6.07) is 11.5. The molecule has 2 heterocycles. The molecule has 164 valence electrons. The van der Waals surface area contributed by atoms with Gasteiger partial charge in [-0.3, -0.25) is 9.59 Å². The maximum atomic E-state index is 14.4. The summed E-state index contributed by atoms with van der Waals surface area (Å²) in [6.45, 7) is 3.58. The maximum Gasteiger partial charge on any atom is 0.314 e. The molecule has 0 N–H and O–H groups in total. The number of benzene rings is 2. The highest BCUT2D eigenvalue weighted by molar-refractivity contribution is 5.95. The van der Waals surface area contributed by atoms with Gasteiger partial charge in [-0.25, -0.2) is 4.39 Å². The number of carbonyl (C=O) groups is 2. The second-order valence-corrected chi connectivity index (χ2v) is 7.96. The minimum Gasteiger partial charge on any atom is -0.486 e. The third-order valence-electron chi connectivity index (χ3n) is 5.85. The molecule has 1 unspecified atom stereocenters. The highest BCUT2D eigenvalue weighted by atomic mass is 19.1. The van der Waals surface area contributed by atoms with Crippen LogP contribution in [-0.2, 0) is 16.0 Å². The molecule has 0 aromatic heterocycles. The topological polar surface area (TPSA) is 65.1 Å². The highest BCUT2D eigenvalue weighted by Crippen LogP contribution is 2.37. The SMILES string of the molecule is CCOC(=O)C1(Cc2ccccc2F)CCCN(C(=O)c2ccc3c(c2)OCCO3)C1. The fourth-order valence-electron chi connectivity index (χ4n) is 4.34. The van der Waals surface area contributed by atoms with Crippen molar-refractivity contribution in [3.63, 3.8) is 0 Å². The van der Waals surface area contributed by atoms with E-state index in [1.54, 1.807) is 48.2 Å². The van der Waals surface area contributed by atoms with Gasteiger partial charge < -0.3 is 19.1 Å². The molecule has 31 heavy (non-hydrogen) atoms. The zero-order valence-corrected chi connectivity index (χ0v) is 17.6. The maximum absolute atomic E-state index is 14.4. The van der Waals surface area contributed by atoms with E-state index in [-0.39, 0.29) is 31.3 Å². The van der Waals surface area contributed by atoms with E-state index in [1.807, 2.05) is 0 Å². The van der Waals surface area contributed by atoms with E-state index >= 15 is 0 Å². The van der Waals surface area contributed by atoms with Gasteiger partial charge in [0.2, 0.25) is 0 Å². The normalized spacial score (nSPS) is 20.3. The van der Waals surface area contributed by atoms with E-state index in [2.05, 4.69) is 0 Å². The quantitative estimate of drug-likeness (QED) is 0.682. The summed E-state index contributed by atoms with van der Waals surface area (Å²) >= 11 is 0. The first-order valence-electron chi connectivity index (χ1n) is 10.6. The Bertz CT molecular complexity index is 978. The van der Waals surface area contributed by atoms with Gasteiger partial charge in [0, 0.05) is 18.7 Å². The zero-order valence-electron chi connectivity index (χ0n) is 17.6. The number of hydrogen-bond donors (Lipinski definition) is 0. The van der Waals surface area contributed by atoms with Gasteiger partial charge in [-0.2, -0.15) is 0 Å². The van der Waals surface area contributed by atoms with E-state index in [0.717, 1.165) is 0 Å². The summed E-state index contributed by atoms with van der Waals surface area (Å²) in [6.07, 6.45) is 1.35. The second kappa shape index (κ2) is 8.96. The number of rotatable bonds is 5. The van der Waals surface area contributed by atoms with Crippen molar-refractivity contribution in [3.05, 3.63) is 59.4 Å². The fourth-order valence-corrected chi connectivity index (χ4v) is 4.34. The molecule has 6 nitrogen and oxygen atoms in total. The average molecular weight is 427 g/mol. The summed E-state index contributed by atoms with van der Waals surface area (Å²) in [5.41, 5.74) is -0.0705. The summed E-state index contributed by atoms with van der Waals surface area (Å²) in [5.74, 6) is 0.206. The molecule has 2 aliphatic heterocycles. The number of hydrogen-bond acceptors (Lipinski definition) is 5. The molecule has 2 aliphatic rings. The number of piperidine rings is 1. The number of amides is 1. The number of nitrogens with zero attached hydrogens (tertiary/aromatic N) is 1. The van der Waals surface area contributed by atoms with E-state index in [1.165, 1.54) is 6.07 Å². The molecule has 1 atom stereocenters. The molecule has 0 radical (unpaired) electrons. The molecular weight excluding hydrogens is 401 g/mol. The van der Waals surface area contributed by atoms with Gasteiger partial charge in [-0.05, 0) is 56.0 Å². The first-order valence-corrected chi connectivity index (χ1v) is 10.6. The number of ether oxygens (including phenoxy) is 3. The number of halogens is 1. The van der Waals surface area contributed by atoms with Crippen LogP contribution >= 0.6 is 0 Å². The Morgan fingerprint density at radius 2 is 1.90 bits per heavy atom.